The van der Waals surface area contributed by atoms with Gasteiger partial charge in [-0.1, -0.05) is 12.8 Å². The summed E-state index contributed by atoms with van der Waals surface area (Å²) in [7, 11) is 1.77. The summed E-state index contributed by atoms with van der Waals surface area (Å²) in [4.78, 5) is 18.6. The molecule has 1 aromatic heterocycles. The van der Waals surface area contributed by atoms with E-state index < -0.39 is 6.10 Å². The van der Waals surface area contributed by atoms with Gasteiger partial charge in [-0.05, 0) is 32.8 Å². The van der Waals surface area contributed by atoms with Crippen molar-refractivity contribution in [3.05, 3.63) is 23.5 Å². The van der Waals surface area contributed by atoms with E-state index in [-0.39, 0.29) is 11.9 Å². The largest absolute Gasteiger partial charge is 0.391 e. The highest BCUT2D eigenvalue weighted by atomic mass is 16.3. The highest BCUT2D eigenvalue weighted by Crippen LogP contribution is 2.25. The average Bonchev–Trinajstić information content (AvgIpc) is 2.47. The van der Waals surface area contributed by atoms with Gasteiger partial charge in [0.25, 0.3) is 5.91 Å². The third-order valence-corrected chi connectivity index (χ3v) is 4.15. The van der Waals surface area contributed by atoms with Crippen LogP contribution in [0.15, 0.2) is 12.3 Å². The Labute approximate surface area is 126 Å². The second-order valence-corrected chi connectivity index (χ2v) is 5.74. The maximum Gasteiger partial charge on any atom is 0.257 e. The van der Waals surface area contributed by atoms with Crippen LogP contribution in [0.2, 0.25) is 0 Å². The molecule has 0 radical (unpaired) electrons. The Morgan fingerprint density at radius 2 is 2.19 bits per heavy atom. The molecule has 0 aliphatic heterocycles. The van der Waals surface area contributed by atoms with Crippen LogP contribution in [0.1, 0.15) is 48.7 Å². The Kier molecular flexibility index (Phi) is 5.17. The Balaban J connectivity index is 2.22. The zero-order valence-electron chi connectivity index (χ0n) is 13.1. The number of aryl methyl sites for hydroxylation is 1. The topological polar surface area (TPSA) is 65.5 Å². The minimum atomic E-state index is -0.423. The molecular weight excluding hydrogens is 266 g/mol. The number of rotatable bonds is 4. The van der Waals surface area contributed by atoms with Crippen LogP contribution in [-0.2, 0) is 0 Å². The first-order valence-corrected chi connectivity index (χ1v) is 7.70. The Bertz CT molecular complexity index is 504. The van der Waals surface area contributed by atoms with Crippen molar-refractivity contribution < 1.29 is 9.90 Å². The lowest BCUT2D eigenvalue weighted by Gasteiger charge is -2.35. The van der Waals surface area contributed by atoms with Gasteiger partial charge >= 0.3 is 0 Å². The van der Waals surface area contributed by atoms with Crippen molar-refractivity contribution in [3.8, 4) is 0 Å². The van der Waals surface area contributed by atoms with Gasteiger partial charge in [0.1, 0.15) is 0 Å². The Morgan fingerprint density at radius 1 is 1.48 bits per heavy atom. The summed E-state index contributed by atoms with van der Waals surface area (Å²) in [5.41, 5.74) is 2.26. The minimum absolute atomic E-state index is 0.0793. The number of aliphatic hydroxyl groups excluding tert-OH is 1. The fourth-order valence-corrected chi connectivity index (χ4v) is 2.95. The van der Waals surface area contributed by atoms with E-state index in [0.29, 0.717) is 5.56 Å². The van der Waals surface area contributed by atoms with Crippen molar-refractivity contribution in [1.29, 1.82) is 0 Å². The third-order valence-electron chi connectivity index (χ3n) is 4.15. The molecule has 2 unspecified atom stereocenters. The predicted molar refractivity (Wildman–Crippen MR) is 83.5 cm³/mol. The van der Waals surface area contributed by atoms with Crippen LogP contribution in [0.25, 0.3) is 0 Å². The smallest absolute Gasteiger partial charge is 0.257 e. The highest BCUT2D eigenvalue weighted by Gasteiger charge is 2.30. The highest BCUT2D eigenvalue weighted by molar-refractivity contribution is 5.99. The molecule has 2 rings (SSSR count). The van der Waals surface area contributed by atoms with E-state index in [2.05, 4.69) is 10.3 Å². The molecule has 1 amide bonds. The normalized spacial score (nSPS) is 21.9. The molecular formula is C16H25N3O2. The van der Waals surface area contributed by atoms with E-state index in [1.165, 1.54) is 0 Å². The van der Waals surface area contributed by atoms with Gasteiger partial charge < -0.3 is 15.3 Å². The molecule has 5 heteroatoms. The summed E-state index contributed by atoms with van der Waals surface area (Å²) >= 11 is 0. The maximum atomic E-state index is 12.7. The first kappa shape index (κ1) is 15.8. The van der Waals surface area contributed by atoms with Crippen molar-refractivity contribution in [2.24, 2.45) is 0 Å². The molecule has 1 heterocycles. The molecule has 1 saturated carbocycles. The molecule has 21 heavy (non-hydrogen) atoms. The summed E-state index contributed by atoms with van der Waals surface area (Å²) < 4.78 is 0. The van der Waals surface area contributed by atoms with E-state index in [1.807, 2.05) is 19.9 Å². The molecule has 2 atom stereocenters. The second kappa shape index (κ2) is 6.89. The number of hydrogen-bond acceptors (Lipinski definition) is 4. The number of anilines is 1. The fourth-order valence-electron chi connectivity index (χ4n) is 2.95. The quantitative estimate of drug-likeness (QED) is 0.892. The van der Waals surface area contributed by atoms with Crippen LogP contribution < -0.4 is 5.32 Å². The predicted octanol–water partition coefficient (Wildman–Crippen LogP) is 2.20. The summed E-state index contributed by atoms with van der Waals surface area (Å²) in [5.74, 6) is -0.0793. The fraction of sp³-hybridized carbons (Fsp3) is 0.625. The summed E-state index contributed by atoms with van der Waals surface area (Å²) in [6.45, 7) is 4.65. The van der Waals surface area contributed by atoms with Crippen LogP contribution in [0.3, 0.4) is 0 Å². The van der Waals surface area contributed by atoms with E-state index in [0.717, 1.165) is 43.6 Å². The van der Waals surface area contributed by atoms with Gasteiger partial charge in [-0.3, -0.25) is 9.78 Å². The number of amides is 1. The van der Waals surface area contributed by atoms with Gasteiger partial charge in [-0.2, -0.15) is 0 Å². The van der Waals surface area contributed by atoms with E-state index in [9.17, 15) is 9.90 Å². The van der Waals surface area contributed by atoms with Gasteiger partial charge in [0.2, 0.25) is 0 Å². The van der Waals surface area contributed by atoms with Gasteiger partial charge in [0.05, 0.1) is 23.4 Å². The van der Waals surface area contributed by atoms with Crippen LogP contribution >= 0.6 is 0 Å². The molecule has 0 spiro atoms. The number of carbonyl (C=O) groups is 1. The van der Waals surface area contributed by atoms with E-state index in [4.69, 9.17) is 0 Å². The van der Waals surface area contributed by atoms with Crippen molar-refractivity contribution in [3.63, 3.8) is 0 Å². The molecule has 1 aliphatic carbocycles. The standard InChI is InChI=1S/C16H25N3O2/c1-4-17-13-9-11(2)18-10-12(13)16(21)19(3)14-7-5-6-8-15(14)20/h9-10,14-15,20H,4-8H2,1-3H3,(H,17,18). The number of likely N-dealkylation sites (N-methyl/N-ethyl adjacent to an activating group) is 1. The molecule has 2 N–H and O–H groups in total. The number of nitrogens with one attached hydrogen (secondary N) is 1. The Hall–Kier alpha value is -1.62. The number of carbonyl (C=O) groups excluding carboxylic acids is 1. The summed E-state index contributed by atoms with van der Waals surface area (Å²) in [6, 6.07) is 1.80. The van der Waals surface area contributed by atoms with Crippen molar-refractivity contribution in [2.45, 2.75) is 51.7 Å². The number of nitrogens with zero attached hydrogens (tertiary/aromatic N) is 2. The lowest BCUT2D eigenvalue weighted by Crippen LogP contribution is -2.46. The average molecular weight is 291 g/mol. The summed E-state index contributed by atoms with van der Waals surface area (Å²) in [6.07, 6.45) is 4.93. The molecule has 0 aromatic carbocycles. The van der Waals surface area contributed by atoms with Crippen molar-refractivity contribution in [2.75, 3.05) is 18.9 Å². The molecule has 1 aliphatic rings. The van der Waals surface area contributed by atoms with E-state index in [1.54, 1.807) is 18.1 Å². The Morgan fingerprint density at radius 3 is 2.86 bits per heavy atom. The third kappa shape index (κ3) is 3.53. The van der Waals surface area contributed by atoms with Gasteiger partial charge in [-0.15, -0.1) is 0 Å². The van der Waals surface area contributed by atoms with Crippen LogP contribution in [0, 0.1) is 6.92 Å². The number of aliphatic hydroxyl groups is 1. The molecule has 116 valence electrons. The number of aromatic nitrogens is 1. The molecule has 1 aromatic rings. The van der Waals surface area contributed by atoms with Gasteiger partial charge in [0, 0.05) is 25.5 Å². The summed E-state index contributed by atoms with van der Waals surface area (Å²) in [5, 5.41) is 13.3. The van der Waals surface area contributed by atoms with Crippen LogP contribution in [0.5, 0.6) is 0 Å². The number of pyridine rings is 1. The lowest BCUT2D eigenvalue weighted by molar-refractivity contribution is 0.0268. The zero-order valence-corrected chi connectivity index (χ0v) is 13.1. The SMILES string of the molecule is CCNc1cc(C)ncc1C(=O)N(C)C1CCCCC1O. The monoisotopic (exact) mass is 291 g/mol. The van der Waals surface area contributed by atoms with Crippen molar-refractivity contribution in [1.82, 2.24) is 9.88 Å². The first-order chi connectivity index (χ1) is 10.0. The van der Waals surface area contributed by atoms with Crippen LogP contribution in [0.4, 0.5) is 5.69 Å². The van der Waals surface area contributed by atoms with E-state index >= 15 is 0 Å². The molecule has 0 bridgehead atoms. The lowest BCUT2D eigenvalue weighted by atomic mass is 9.91. The molecule has 0 saturated heterocycles. The van der Waals surface area contributed by atoms with Crippen molar-refractivity contribution >= 4 is 11.6 Å². The minimum Gasteiger partial charge on any atom is -0.391 e. The first-order valence-electron chi connectivity index (χ1n) is 7.70. The van der Waals surface area contributed by atoms with Gasteiger partial charge in [0.15, 0.2) is 0 Å². The molecule has 5 nitrogen and oxygen atoms in total. The second-order valence-electron chi connectivity index (χ2n) is 5.74. The maximum absolute atomic E-state index is 12.7. The molecule has 1 fully saturated rings. The zero-order chi connectivity index (χ0) is 15.4. The van der Waals surface area contributed by atoms with Crippen LogP contribution in [-0.4, -0.2) is 46.6 Å². The van der Waals surface area contributed by atoms with Gasteiger partial charge in [-0.25, -0.2) is 0 Å². The number of hydrogen-bond donors (Lipinski definition) is 2.